The number of nitrogens with zero attached hydrogens (tertiary/aromatic N) is 2. The normalized spacial score (nSPS) is 10.3. The average Bonchev–Trinajstić information content (AvgIpc) is 2.66. The van der Waals surface area contributed by atoms with Gasteiger partial charge < -0.3 is 4.74 Å². The van der Waals surface area contributed by atoms with Crippen molar-refractivity contribution in [2.24, 2.45) is 0 Å². The number of halogens is 1. The van der Waals surface area contributed by atoms with E-state index >= 15 is 0 Å². The molecule has 15 heavy (non-hydrogen) atoms. The molecular formula is C10H9BrN2OS. The predicted molar refractivity (Wildman–Crippen MR) is 64.2 cm³/mol. The molecule has 2 rings (SSSR count). The lowest BCUT2D eigenvalue weighted by atomic mass is 10.2. The Bertz CT molecular complexity index is 458. The summed E-state index contributed by atoms with van der Waals surface area (Å²) in [5.41, 5.74) is 0.975. The summed E-state index contributed by atoms with van der Waals surface area (Å²) in [5.74, 6) is 1.58. The van der Waals surface area contributed by atoms with Crippen LogP contribution in [0.2, 0.25) is 0 Å². The van der Waals surface area contributed by atoms with Crippen LogP contribution in [0.5, 0.6) is 5.75 Å². The highest BCUT2D eigenvalue weighted by molar-refractivity contribution is 9.11. The Hall–Kier alpha value is -0.940. The van der Waals surface area contributed by atoms with Crippen LogP contribution < -0.4 is 4.74 Å². The minimum absolute atomic E-state index is 0.664. The Morgan fingerprint density at radius 2 is 2.33 bits per heavy atom. The number of rotatable bonds is 3. The highest BCUT2D eigenvalue weighted by Crippen LogP contribution is 2.24. The van der Waals surface area contributed by atoms with Crippen molar-refractivity contribution in [3.8, 4) is 17.1 Å². The third-order valence-electron chi connectivity index (χ3n) is 1.80. The second kappa shape index (κ2) is 4.72. The summed E-state index contributed by atoms with van der Waals surface area (Å²) in [5, 5.41) is 0. The van der Waals surface area contributed by atoms with Crippen molar-refractivity contribution in [3.63, 3.8) is 0 Å². The van der Waals surface area contributed by atoms with Crippen LogP contribution in [0.3, 0.4) is 0 Å². The summed E-state index contributed by atoms with van der Waals surface area (Å²) in [4.78, 5) is 4.25. The molecule has 1 aromatic carbocycles. The molecule has 1 heterocycles. The van der Waals surface area contributed by atoms with Gasteiger partial charge in [0.2, 0.25) is 0 Å². The quantitative estimate of drug-likeness (QED) is 0.867. The second-order valence-electron chi connectivity index (χ2n) is 2.83. The van der Waals surface area contributed by atoms with Gasteiger partial charge in [0.25, 0.3) is 0 Å². The fourth-order valence-corrected chi connectivity index (χ4v) is 2.03. The third kappa shape index (κ3) is 2.54. The van der Waals surface area contributed by atoms with Crippen molar-refractivity contribution in [2.75, 3.05) is 6.61 Å². The highest BCUT2D eigenvalue weighted by Gasteiger charge is 2.05. The maximum atomic E-state index is 5.41. The largest absolute Gasteiger partial charge is 0.494 e. The van der Waals surface area contributed by atoms with Crippen molar-refractivity contribution in [1.82, 2.24) is 9.36 Å². The molecule has 0 fully saturated rings. The van der Waals surface area contributed by atoms with Gasteiger partial charge in [-0.15, -0.1) is 0 Å². The SMILES string of the molecule is CCOc1cccc(-c2nsc(Br)n2)c1. The summed E-state index contributed by atoms with van der Waals surface area (Å²) in [6.45, 7) is 2.63. The molecule has 2 aromatic rings. The van der Waals surface area contributed by atoms with E-state index in [1.54, 1.807) is 0 Å². The Morgan fingerprint density at radius 3 is 3.00 bits per heavy atom. The van der Waals surface area contributed by atoms with Crippen molar-refractivity contribution in [1.29, 1.82) is 0 Å². The summed E-state index contributed by atoms with van der Waals surface area (Å²) >= 11 is 4.63. The number of benzene rings is 1. The minimum Gasteiger partial charge on any atom is -0.494 e. The number of hydrogen-bond acceptors (Lipinski definition) is 4. The minimum atomic E-state index is 0.664. The van der Waals surface area contributed by atoms with Crippen LogP contribution in [-0.2, 0) is 0 Å². The van der Waals surface area contributed by atoms with Gasteiger partial charge in [-0.05, 0) is 46.5 Å². The zero-order chi connectivity index (χ0) is 10.7. The zero-order valence-corrected chi connectivity index (χ0v) is 10.5. The first-order valence-corrected chi connectivity index (χ1v) is 6.08. The highest BCUT2D eigenvalue weighted by atomic mass is 79.9. The zero-order valence-electron chi connectivity index (χ0n) is 8.11. The molecule has 78 valence electrons. The fourth-order valence-electron chi connectivity index (χ4n) is 1.21. The topological polar surface area (TPSA) is 35.0 Å². The van der Waals surface area contributed by atoms with Crippen molar-refractivity contribution in [2.45, 2.75) is 6.92 Å². The summed E-state index contributed by atoms with van der Waals surface area (Å²) < 4.78 is 10.4. The van der Waals surface area contributed by atoms with E-state index in [9.17, 15) is 0 Å². The molecule has 0 saturated carbocycles. The molecule has 0 spiro atoms. The van der Waals surface area contributed by atoms with E-state index in [0.717, 1.165) is 21.1 Å². The smallest absolute Gasteiger partial charge is 0.179 e. The van der Waals surface area contributed by atoms with E-state index in [0.29, 0.717) is 6.61 Å². The van der Waals surface area contributed by atoms with Gasteiger partial charge >= 0.3 is 0 Å². The lowest BCUT2D eigenvalue weighted by Gasteiger charge is -2.03. The molecule has 1 aromatic heterocycles. The molecule has 5 heteroatoms. The summed E-state index contributed by atoms with van der Waals surface area (Å²) in [6, 6.07) is 7.78. The second-order valence-corrected chi connectivity index (χ2v) is 4.86. The van der Waals surface area contributed by atoms with Gasteiger partial charge in [0.15, 0.2) is 9.74 Å². The van der Waals surface area contributed by atoms with Crippen molar-refractivity contribution >= 4 is 27.5 Å². The lowest BCUT2D eigenvalue weighted by Crippen LogP contribution is -1.91. The first-order chi connectivity index (χ1) is 7.29. The van der Waals surface area contributed by atoms with Crippen LogP contribution in [0.15, 0.2) is 28.2 Å². The third-order valence-corrected chi connectivity index (χ3v) is 2.92. The summed E-state index contributed by atoms with van der Waals surface area (Å²) in [6.07, 6.45) is 0. The van der Waals surface area contributed by atoms with Gasteiger partial charge in [0, 0.05) is 5.56 Å². The molecule has 0 amide bonds. The van der Waals surface area contributed by atoms with Gasteiger partial charge in [-0.2, -0.15) is 4.37 Å². The first kappa shape index (κ1) is 10.6. The molecule has 0 N–H and O–H groups in total. The molecular weight excluding hydrogens is 276 g/mol. The van der Waals surface area contributed by atoms with E-state index in [4.69, 9.17) is 4.74 Å². The van der Waals surface area contributed by atoms with Crippen LogP contribution in [0.1, 0.15) is 6.92 Å². The van der Waals surface area contributed by atoms with Crippen LogP contribution in [0.4, 0.5) is 0 Å². The molecule has 0 aliphatic rings. The maximum Gasteiger partial charge on any atom is 0.179 e. The van der Waals surface area contributed by atoms with Gasteiger partial charge in [-0.25, -0.2) is 4.98 Å². The van der Waals surface area contributed by atoms with Crippen LogP contribution in [0.25, 0.3) is 11.4 Å². The molecule has 0 saturated heterocycles. The van der Waals surface area contributed by atoms with E-state index in [1.165, 1.54) is 11.5 Å². The van der Waals surface area contributed by atoms with E-state index in [1.807, 2.05) is 31.2 Å². The standard InChI is InChI=1S/C10H9BrN2OS/c1-2-14-8-5-3-4-7(6-8)9-12-10(11)15-13-9/h3-6H,2H2,1H3. The molecule has 0 aliphatic heterocycles. The van der Waals surface area contributed by atoms with Crippen LogP contribution >= 0.6 is 27.5 Å². The maximum absolute atomic E-state index is 5.41. The van der Waals surface area contributed by atoms with Crippen LogP contribution in [-0.4, -0.2) is 16.0 Å². The van der Waals surface area contributed by atoms with E-state index < -0.39 is 0 Å². The lowest BCUT2D eigenvalue weighted by molar-refractivity contribution is 0.340. The molecule has 0 radical (unpaired) electrons. The molecule has 3 nitrogen and oxygen atoms in total. The molecule has 0 bridgehead atoms. The number of hydrogen-bond donors (Lipinski definition) is 0. The van der Waals surface area contributed by atoms with E-state index in [-0.39, 0.29) is 0 Å². The van der Waals surface area contributed by atoms with E-state index in [2.05, 4.69) is 25.3 Å². The van der Waals surface area contributed by atoms with Gasteiger partial charge in [0.1, 0.15) is 5.75 Å². The Balaban J connectivity index is 2.32. The van der Waals surface area contributed by atoms with Crippen molar-refractivity contribution < 1.29 is 4.74 Å². The molecule has 0 atom stereocenters. The predicted octanol–water partition coefficient (Wildman–Crippen LogP) is 3.37. The monoisotopic (exact) mass is 284 g/mol. The Morgan fingerprint density at radius 1 is 1.47 bits per heavy atom. The van der Waals surface area contributed by atoms with Crippen LogP contribution in [0, 0.1) is 0 Å². The summed E-state index contributed by atoms with van der Waals surface area (Å²) in [7, 11) is 0. The molecule has 0 aliphatic carbocycles. The first-order valence-electron chi connectivity index (χ1n) is 4.52. The van der Waals surface area contributed by atoms with Crippen molar-refractivity contribution in [3.05, 3.63) is 28.2 Å². The number of aromatic nitrogens is 2. The Kier molecular flexibility index (Phi) is 3.33. The molecule has 0 unspecified atom stereocenters. The average molecular weight is 285 g/mol. The van der Waals surface area contributed by atoms with Gasteiger partial charge in [0.05, 0.1) is 6.61 Å². The Labute approximate surface area is 100 Å². The van der Waals surface area contributed by atoms with Gasteiger partial charge in [-0.1, -0.05) is 12.1 Å². The fraction of sp³-hybridized carbons (Fsp3) is 0.200. The van der Waals surface area contributed by atoms with Gasteiger partial charge in [-0.3, -0.25) is 0 Å². The number of ether oxygens (including phenoxy) is 1.